The number of nitrogens with zero attached hydrogens (tertiary/aromatic N) is 1. The zero-order valence-corrected chi connectivity index (χ0v) is 17.4. The Morgan fingerprint density at radius 1 is 1.25 bits per heavy atom. The second kappa shape index (κ2) is 6.07. The van der Waals surface area contributed by atoms with E-state index in [0.717, 1.165) is 15.7 Å². The van der Waals surface area contributed by atoms with Crippen LogP contribution in [-0.2, 0) is 14.1 Å². The monoisotopic (exact) mass is 409 g/mol. The number of hydrogen-bond acceptors (Lipinski definition) is 4. The molecule has 3 atom stereocenters. The molecule has 0 unspecified atom stereocenters. The van der Waals surface area contributed by atoms with Gasteiger partial charge in [0, 0.05) is 16.5 Å². The Hall–Kier alpha value is -0.983. The van der Waals surface area contributed by atoms with Gasteiger partial charge in [0.15, 0.2) is 14.4 Å². The van der Waals surface area contributed by atoms with Gasteiger partial charge in [-0.15, -0.1) is 0 Å². The molecule has 24 heavy (non-hydrogen) atoms. The Balaban J connectivity index is 1.80. The molecular weight excluding hydrogens is 386 g/mol. The van der Waals surface area contributed by atoms with Crippen LogP contribution in [0.15, 0.2) is 33.9 Å². The summed E-state index contributed by atoms with van der Waals surface area (Å²) in [5, 5.41) is 4.33. The average Bonchev–Trinajstić information content (AvgIpc) is 3.01. The Bertz CT molecular complexity index is 678. The number of fused-ring (bicyclic) bond motifs is 1. The maximum absolute atomic E-state index is 12.6. The number of hydrogen-bond donors (Lipinski definition) is 0. The quantitative estimate of drug-likeness (QED) is 0.688. The Labute approximate surface area is 152 Å². The summed E-state index contributed by atoms with van der Waals surface area (Å²) in [6.07, 6.45) is -0.0671. The van der Waals surface area contributed by atoms with E-state index < -0.39 is 8.32 Å². The molecular formula is C18H24BrNO3Si. The lowest BCUT2D eigenvalue weighted by atomic mass is 9.93. The molecule has 0 saturated heterocycles. The first-order valence-electron chi connectivity index (χ1n) is 8.30. The molecule has 0 radical (unpaired) electrons. The fourth-order valence-electron chi connectivity index (χ4n) is 2.97. The number of ketones is 1. The van der Waals surface area contributed by atoms with Crippen molar-refractivity contribution in [3.8, 4) is 0 Å². The van der Waals surface area contributed by atoms with Gasteiger partial charge in [-0.2, -0.15) is 0 Å². The molecule has 0 bridgehead atoms. The topological polar surface area (TPSA) is 47.9 Å². The Morgan fingerprint density at radius 2 is 1.88 bits per heavy atom. The molecule has 6 heteroatoms. The van der Waals surface area contributed by atoms with Gasteiger partial charge in [-0.05, 0) is 30.3 Å². The predicted octanol–water partition coefficient (Wildman–Crippen LogP) is 4.53. The molecule has 1 aromatic rings. The summed E-state index contributed by atoms with van der Waals surface area (Å²) in [5.41, 5.74) is 1.67. The van der Waals surface area contributed by atoms with Gasteiger partial charge in [-0.25, -0.2) is 0 Å². The molecule has 1 aliphatic heterocycles. The summed E-state index contributed by atoms with van der Waals surface area (Å²) in [6, 6.07) is 7.83. The number of Topliss-reactive ketones (excluding diaryl/α,β-unsaturated/α-hetero) is 1. The molecule has 1 aliphatic carbocycles. The maximum Gasteiger partial charge on any atom is 0.192 e. The highest BCUT2D eigenvalue weighted by atomic mass is 79.9. The second-order valence-corrected chi connectivity index (χ2v) is 13.8. The van der Waals surface area contributed by atoms with E-state index in [1.165, 1.54) is 0 Å². The number of rotatable bonds is 3. The molecule has 2 aliphatic rings. The largest absolute Gasteiger partial charge is 0.410 e. The molecule has 130 valence electrons. The van der Waals surface area contributed by atoms with Crippen molar-refractivity contribution >= 4 is 35.7 Å². The number of halogens is 1. The average molecular weight is 410 g/mol. The van der Waals surface area contributed by atoms with Gasteiger partial charge in [0.1, 0.15) is 17.4 Å². The van der Waals surface area contributed by atoms with Gasteiger partial charge in [0.25, 0.3) is 0 Å². The summed E-state index contributed by atoms with van der Waals surface area (Å²) in [7, 11) is -1.96. The van der Waals surface area contributed by atoms with Crippen molar-refractivity contribution in [2.45, 2.75) is 57.5 Å². The van der Waals surface area contributed by atoms with Gasteiger partial charge < -0.3 is 9.26 Å². The third-order valence-corrected chi connectivity index (χ3v) is 10.4. The van der Waals surface area contributed by atoms with Crippen LogP contribution in [0.25, 0.3) is 0 Å². The van der Waals surface area contributed by atoms with Crippen molar-refractivity contribution in [3.05, 3.63) is 34.3 Å². The highest BCUT2D eigenvalue weighted by molar-refractivity contribution is 9.10. The van der Waals surface area contributed by atoms with Crippen molar-refractivity contribution in [2.75, 3.05) is 0 Å². The third kappa shape index (κ3) is 3.11. The SMILES string of the molecule is CC(C)(C)[Si](C)(C)O[C@H]1CC(=O)[C@@H]2C(c3ccc(Br)cc3)=NO[C@@H]21. The molecule has 4 nitrogen and oxygen atoms in total. The van der Waals surface area contributed by atoms with E-state index in [9.17, 15) is 4.79 Å². The smallest absolute Gasteiger partial charge is 0.192 e. The molecule has 3 rings (SSSR count). The van der Waals surface area contributed by atoms with Crippen LogP contribution in [-0.4, -0.2) is 32.0 Å². The number of oxime groups is 1. The van der Waals surface area contributed by atoms with E-state index in [0.29, 0.717) is 6.42 Å². The van der Waals surface area contributed by atoms with Crippen LogP contribution in [0.5, 0.6) is 0 Å². The highest BCUT2D eigenvalue weighted by Crippen LogP contribution is 2.42. The molecule has 1 saturated carbocycles. The summed E-state index contributed by atoms with van der Waals surface area (Å²) < 4.78 is 7.46. The molecule has 0 amide bonds. The van der Waals surface area contributed by atoms with Crippen molar-refractivity contribution in [2.24, 2.45) is 11.1 Å². The minimum absolute atomic E-state index is 0.0993. The van der Waals surface area contributed by atoms with Gasteiger partial charge in [-0.3, -0.25) is 4.79 Å². The van der Waals surface area contributed by atoms with E-state index in [1.54, 1.807) is 0 Å². The van der Waals surface area contributed by atoms with Crippen LogP contribution in [0, 0.1) is 5.92 Å². The van der Waals surface area contributed by atoms with Gasteiger partial charge >= 0.3 is 0 Å². The maximum atomic E-state index is 12.6. The number of carbonyl (C=O) groups excluding carboxylic acids is 1. The van der Waals surface area contributed by atoms with Crippen molar-refractivity contribution < 1.29 is 14.1 Å². The first kappa shape index (κ1) is 17.8. The predicted molar refractivity (Wildman–Crippen MR) is 101 cm³/mol. The molecule has 1 fully saturated rings. The number of benzene rings is 1. The summed E-state index contributed by atoms with van der Waals surface area (Å²) in [5.74, 6) is -0.135. The zero-order chi connectivity index (χ0) is 17.7. The lowest BCUT2D eigenvalue weighted by Crippen LogP contribution is -2.46. The fourth-order valence-corrected chi connectivity index (χ4v) is 4.56. The van der Waals surface area contributed by atoms with Crippen molar-refractivity contribution in [1.82, 2.24) is 0 Å². The highest BCUT2D eigenvalue weighted by Gasteiger charge is 2.54. The first-order valence-corrected chi connectivity index (χ1v) is 12.0. The fraction of sp³-hybridized carbons (Fsp3) is 0.556. The minimum atomic E-state index is -1.96. The summed E-state index contributed by atoms with van der Waals surface area (Å²) in [6.45, 7) is 11.0. The normalized spacial score (nSPS) is 27.0. The van der Waals surface area contributed by atoms with Crippen LogP contribution in [0.2, 0.25) is 18.1 Å². The first-order chi connectivity index (χ1) is 11.1. The molecule has 0 N–H and O–H groups in total. The lowest BCUT2D eigenvalue weighted by molar-refractivity contribution is -0.119. The standard InChI is InChI=1S/C18H24BrNO3Si/c1-18(2,3)24(4,5)23-14-10-13(21)15-16(20-22-17(14)15)11-6-8-12(19)9-7-11/h6-9,14-15,17H,10H2,1-5H3/t14-,15+,17+/m0/s1. The van der Waals surface area contributed by atoms with Crippen LogP contribution in [0.3, 0.4) is 0 Å². The summed E-state index contributed by atoms with van der Waals surface area (Å²) >= 11 is 3.43. The molecule has 0 aromatic heterocycles. The van der Waals surface area contributed by atoms with Crippen LogP contribution in [0.4, 0.5) is 0 Å². The molecule has 1 heterocycles. The third-order valence-electron chi connectivity index (χ3n) is 5.40. The van der Waals surface area contributed by atoms with E-state index >= 15 is 0 Å². The van der Waals surface area contributed by atoms with E-state index in [-0.39, 0.29) is 28.9 Å². The van der Waals surface area contributed by atoms with Crippen LogP contribution < -0.4 is 0 Å². The van der Waals surface area contributed by atoms with Gasteiger partial charge in [-0.1, -0.05) is 54.0 Å². The second-order valence-electron chi connectivity index (χ2n) is 8.12. The number of carbonyl (C=O) groups is 1. The Kier molecular flexibility index (Phi) is 4.51. The molecule has 0 spiro atoms. The van der Waals surface area contributed by atoms with E-state index in [1.807, 2.05) is 24.3 Å². The van der Waals surface area contributed by atoms with Gasteiger partial charge in [0.05, 0.1) is 6.10 Å². The summed E-state index contributed by atoms with van der Waals surface area (Å²) in [4.78, 5) is 18.3. The Morgan fingerprint density at radius 3 is 2.46 bits per heavy atom. The van der Waals surface area contributed by atoms with Crippen molar-refractivity contribution in [1.29, 1.82) is 0 Å². The van der Waals surface area contributed by atoms with E-state index in [2.05, 4.69) is 55.0 Å². The molecule has 1 aromatic carbocycles. The van der Waals surface area contributed by atoms with Gasteiger partial charge in [0.2, 0.25) is 0 Å². The van der Waals surface area contributed by atoms with Crippen LogP contribution >= 0.6 is 15.9 Å². The van der Waals surface area contributed by atoms with Crippen LogP contribution in [0.1, 0.15) is 32.8 Å². The zero-order valence-electron chi connectivity index (χ0n) is 14.8. The lowest BCUT2D eigenvalue weighted by Gasteiger charge is -2.39. The van der Waals surface area contributed by atoms with Crippen molar-refractivity contribution in [3.63, 3.8) is 0 Å². The van der Waals surface area contributed by atoms with E-state index in [4.69, 9.17) is 9.26 Å². The minimum Gasteiger partial charge on any atom is -0.410 e.